The van der Waals surface area contributed by atoms with Gasteiger partial charge in [-0.05, 0) is 69.4 Å². The summed E-state index contributed by atoms with van der Waals surface area (Å²) >= 11 is 0. The van der Waals surface area contributed by atoms with E-state index in [1.165, 1.54) is 5.56 Å². The summed E-state index contributed by atoms with van der Waals surface area (Å²) in [5.74, 6) is 0.981. The van der Waals surface area contributed by atoms with Gasteiger partial charge in [0.15, 0.2) is 0 Å². The van der Waals surface area contributed by atoms with E-state index in [1.807, 2.05) is 87.5 Å². The lowest BCUT2D eigenvalue weighted by molar-refractivity contribution is -0.119. The van der Waals surface area contributed by atoms with Crippen LogP contribution in [0.2, 0.25) is 0 Å². The fourth-order valence-electron chi connectivity index (χ4n) is 4.73. The molecule has 3 aromatic carbocycles. The normalized spacial score (nSPS) is 13.6. The number of nitrogens with zero attached hydrogens (tertiary/aromatic N) is 1. The van der Waals surface area contributed by atoms with Gasteiger partial charge in [-0.2, -0.15) is 0 Å². The lowest BCUT2D eigenvalue weighted by Crippen LogP contribution is -2.37. The largest absolute Gasteiger partial charge is 0.489 e. The number of benzene rings is 3. The molecule has 0 aromatic heterocycles. The number of para-hydroxylation sites is 1. The Hall–Kier alpha value is -3.80. The highest BCUT2D eigenvalue weighted by Gasteiger charge is 2.24. The molecule has 0 atom stereocenters. The van der Waals surface area contributed by atoms with Crippen molar-refractivity contribution >= 4 is 17.7 Å². The summed E-state index contributed by atoms with van der Waals surface area (Å²) in [6.07, 6.45) is 4.62. The van der Waals surface area contributed by atoms with Gasteiger partial charge in [-0.15, -0.1) is 0 Å². The van der Waals surface area contributed by atoms with Gasteiger partial charge in [0.1, 0.15) is 18.0 Å². The number of carbonyl (C=O) groups excluding carboxylic acids is 2. The Bertz CT molecular complexity index is 1210. The summed E-state index contributed by atoms with van der Waals surface area (Å²) in [6.45, 7) is 6.92. The molecule has 2 amide bonds. The molecule has 1 aliphatic carbocycles. The smallest absolute Gasteiger partial charge is 0.410 e. The molecule has 39 heavy (non-hydrogen) atoms. The van der Waals surface area contributed by atoms with E-state index in [9.17, 15) is 9.59 Å². The SMILES string of the molecule is CC(C)(C)OC(=O)N(CCc1ccccc1)Cc1ccccc1OCc1ccc(NC(=O)C2CCCC2)cc1. The van der Waals surface area contributed by atoms with Crippen LogP contribution in [0.3, 0.4) is 0 Å². The molecule has 0 saturated heterocycles. The van der Waals surface area contributed by atoms with E-state index in [2.05, 4.69) is 17.4 Å². The van der Waals surface area contributed by atoms with Crippen molar-refractivity contribution in [1.82, 2.24) is 4.90 Å². The predicted octanol–water partition coefficient (Wildman–Crippen LogP) is 7.37. The number of rotatable bonds is 10. The van der Waals surface area contributed by atoms with Crippen molar-refractivity contribution in [2.24, 2.45) is 5.92 Å². The van der Waals surface area contributed by atoms with Crippen molar-refractivity contribution in [3.8, 4) is 5.75 Å². The zero-order valence-corrected chi connectivity index (χ0v) is 23.3. The monoisotopic (exact) mass is 528 g/mol. The van der Waals surface area contributed by atoms with Gasteiger partial charge in [-0.25, -0.2) is 4.79 Å². The second-order valence-electron chi connectivity index (χ2n) is 11.2. The fraction of sp³-hybridized carbons (Fsp3) is 0.394. The topological polar surface area (TPSA) is 67.9 Å². The van der Waals surface area contributed by atoms with Crippen LogP contribution in [0.4, 0.5) is 10.5 Å². The summed E-state index contributed by atoms with van der Waals surface area (Å²) in [6, 6.07) is 25.7. The molecule has 1 aliphatic rings. The summed E-state index contributed by atoms with van der Waals surface area (Å²) in [5.41, 5.74) is 3.30. The molecule has 0 radical (unpaired) electrons. The first kappa shape index (κ1) is 28.2. The number of ether oxygens (including phenoxy) is 2. The Morgan fingerprint density at radius 1 is 0.872 bits per heavy atom. The summed E-state index contributed by atoms with van der Waals surface area (Å²) < 4.78 is 11.9. The van der Waals surface area contributed by atoms with Crippen molar-refractivity contribution in [3.05, 3.63) is 95.6 Å². The van der Waals surface area contributed by atoms with Crippen molar-refractivity contribution in [2.75, 3.05) is 11.9 Å². The molecular formula is C33H40N2O4. The molecule has 6 nitrogen and oxygen atoms in total. The first-order valence-electron chi connectivity index (χ1n) is 13.9. The highest BCUT2D eigenvalue weighted by molar-refractivity contribution is 5.92. The van der Waals surface area contributed by atoms with Crippen LogP contribution in [0.25, 0.3) is 0 Å². The van der Waals surface area contributed by atoms with Crippen LogP contribution in [0.1, 0.15) is 63.1 Å². The molecule has 0 spiro atoms. The van der Waals surface area contributed by atoms with Crippen LogP contribution >= 0.6 is 0 Å². The zero-order chi connectivity index (χ0) is 27.7. The minimum Gasteiger partial charge on any atom is -0.489 e. The lowest BCUT2D eigenvalue weighted by atomic mass is 10.1. The summed E-state index contributed by atoms with van der Waals surface area (Å²) in [4.78, 5) is 27.3. The quantitative estimate of drug-likeness (QED) is 0.298. The Balaban J connectivity index is 1.39. The number of nitrogens with one attached hydrogen (secondary N) is 1. The van der Waals surface area contributed by atoms with Gasteiger partial charge in [0.05, 0.1) is 6.54 Å². The minimum absolute atomic E-state index is 0.118. The second kappa shape index (κ2) is 13.3. The molecule has 4 rings (SSSR count). The maximum Gasteiger partial charge on any atom is 0.410 e. The lowest BCUT2D eigenvalue weighted by Gasteiger charge is -2.28. The molecule has 0 bridgehead atoms. The van der Waals surface area contributed by atoms with E-state index in [-0.39, 0.29) is 17.9 Å². The van der Waals surface area contributed by atoms with Crippen LogP contribution in [-0.2, 0) is 29.1 Å². The molecular weight excluding hydrogens is 488 g/mol. The average Bonchev–Trinajstić information content (AvgIpc) is 3.46. The first-order chi connectivity index (χ1) is 18.8. The molecule has 0 unspecified atom stereocenters. The van der Waals surface area contributed by atoms with Gasteiger partial charge < -0.3 is 19.7 Å². The highest BCUT2D eigenvalue weighted by Crippen LogP contribution is 2.26. The van der Waals surface area contributed by atoms with Gasteiger partial charge >= 0.3 is 6.09 Å². The molecule has 1 saturated carbocycles. The van der Waals surface area contributed by atoms with Crippen molar-refractivity contribution in [2.45, 2.75) is 71.6 Å². The van der Waals surface area contributed by atoms with Gasteiger partial charge in [0, 0.05) is 23.7 Å². The Kier molecular flexibility index (Phi) is 9.64. The van der Waals surface area contributed by atoms with E-state index < -0.39 is 5.60 Å². The maximum absolute atomic E-state index is 13.1. The van der Waals surface area contributed by atoms with E-state index in [0.29, 0.717) is 19.7 Å². The van der Waals surface area contributed by atoms with Crippen LogP contribution in [0, 0.1) is 5.92 Å². The number of carbonyl (C=O) groups is 2. The molecule has 206 valence electrons. The van der Waals surface area contributed by atoms with E-state index in [1.54, 1.807) is 4.90 Å². The Morgan fingerprint density at radius 2 is 1.54 bits per heavy atom. The number of hydrogen-bond acceptors (Lipinski definition) is 4. The second-order valence-corrected chi connectivity index (χ2v) is 11.2. The average molecular weight is 529 g/mol. The van der Waals surface area contributed by atoms with Crippen molar-refractivity contribution in [3.63, 3.8) is 0 Å². The minimum atomic E-state index is -0.583. The molecule has 0 heterocycles. The third-order valence-corrected chi connectivity index (χ3v) is 6.84. The third-order valence-electron chi connectivity index (χ3n) is 6.84. The van der Waals surface area contributed by atoms with E-state index in [0.717, 1.165) is 54.7 Å². The molecule has 6 heteroatoms. The first-order valence-corrected chi connectivity index (χ1v) is 13.9. The number of amides is 2. The van der Waals surface area contributed by atoms with Gasteiger partial charge in [0.2, 0.25) is 5.91 Å². The van der Waals surface area contributed by atoms with E-state index in [4.69, 9.17) is 9.47 Å². The van der Waals surface area contributed by atoms with Crippen LogP contribution < -0.4 is 10.1 Å². The Morgan fingerprint density at radius 3 is 2.23 bits per heavy atom. The molecule has 1 fully saturated rings. The van der Waals surface area contributed by atoms with Gasteiger partial charge in [-0.3, -0.25) is 4.79 Å². The van der Waals surface area contributed by atoms with Crippen LogP contribution in [-0.4, -0.2) is 29.0 Å². The standard InChI is InChI=1S/C33H40N2O4/c1-33(2,3)39-32(37)35(22-21-25-11-5-4-6-12-25)23-28-15-9-10-16-30(28)38-24-26-17-19-29(20-18-26)34-31(36)27-13-7-8-14-27/h4-6,9-12,15-20,27H,7-8,13-14,21-24H2,1-3H3,(H,34,36). The number of anilines is 1. The maximum atomic E-state index is 13.1. The summed E-state index contributed by atoms with van der Waals surface area (Å²) in [7, 11) is 0. The van der Waals surface area contributed by atoms with Crippen LogP contribution in [0.15, 0.2) is 78.9 Å². The third kappa shape index (κ3) is 8.88. The number of hydrogen-bond donors (Lipinski definition) is 1. The zero-order valence-electron chi connectivity index (χ0n) is 23.3. The Labute approximate surface area is 232 Å². The van der Waals surface area contributed by atoms with Gasteiger partial charge in [0.25, 0.3) is 0 Å². The van der Waals surface area contributed by atoms with Gasteiger partial charge in [-0.1, -0.05) is 73.5 Å². The van der Waals surface area contributed by atoms with Crippen molar-refractivity contribution < 1.29 is 19.1 Å². The molecule has 0 aliphatic heterocycles. The molecule has 3 aromatic rings. The van der Waals surface area contributed by atoms with Crippen molar-refractivity contribution in [1.29, 1.82) is 0 Å². The fourth-order valence-corrected chi connectivity index (χ4v) is 4.73. The highest BCUT2D eigenvalue weighted by atomic mass is 16.6. The predicted molar refractivity (Wildman–Crippen MR) is 155 cm³/mol. The van der Waals surface area contributed by atoms with E-state index >= 15 is 0 Å². The molecule has 1 N–H and O–H groups in total. The summed E-state index contributed by atoms with van der Waals surface area (Å²) in [5, 5.41) is 3.04. The van der Waals surface area contributed by atoms with Crippen LogP contribution in [0.5, 0.6) is 5.75 Å².